The van der Waals surface area contributed by atoms with Crippen LogP contribution in [0.1, 0.15) is 19.4 Å². The van der Waals surface area contributed by atoms with Crippen molar-refractivity contribution < 1.29 is 14.8 Å². The van der Waals surface area contributed by atoms with Crippen LogP contribution in [0, 0.1) is 6.57 Å². The largest absolute Gasteiger partial charge is 0.872 e. The molecule has 2 aromatic rings. The number of aromatic nitrogens is 2. The van der Waals surface area contributed by atoms with E-state index >= 15 is 0 Å². The number of benzene rings is 1. The van der Waals surface area contributed by atoms with Crippen molar-refractivity contribution in [1.29, 1.82) is 0 Å². The van der Waals surface area contributed by atoms with Crippen molar-refractivity contribution in [1.82, 2.24) is 10.2 Å². The van der Waals surface area contributed by atoms with Crippen LogP contribution in [0.3, 0.4) is 0 Å². The zero-order valence-corrected chi connectivity index (χ0v) is 15.9. The summed E-state index contributed by atoms with van der Waals surface area (Å²) in [6, 6.07) is 7.01. The van der Waals surface area contributed by atoms with Crippen LogP contribution in [0.25, 0.3) is 10.6 Å². The highest BCUT2D eigenvalue weighted by molar-refractivity contribution is 5.91. The van der Waals surface area contributed by atoms with Crippen molar-refractivity contribution in [2.24, 2.45) is 0 Å². The number of nitrogens with one attached hydrogen (secondary N) is 3. The van der Waals surface area contributed by atoms with Gasteiger partial charge in [-0.05, 0) is 30.7 Å². The summed E-state index contributed by atoms with van der Waals surface area (Å²) in [5.74, 6) is 0.232. The highest BCUT2D eigenvalue weighted by Gasteiger charge is 2.15. The van der Waals surface area contributed by atoms with E-state index in [0.29, 0.717) is 29.3 Å². The van der Waals surface area contributed by atoms with Gasteiger partial charge in [0.05, 0.1) is 26.9 Å². The van der Waals surface area contributed by atoms with E-state index in [1.54, 1.807) is 35.2 Å². The van der Waals surface area contributed by atoms with E-state index in [4.69, 9.17) is 6.57 Å². The predicted molar refractivity (Wildman–Crippen MR) is 103 cm³/mol. The molecule has 27 heavy (non-hydrogen) atoms. The number of rotatable bonds is 7. The summed E-state index contributed by atoms with van der Waals surface area (Å²) in [6.45, 7) is 11.1. The quantitative estimate of drug-likeness (QED) is 0.379. The first-order valence-corrected chi connectivity index (χ1v) is 8.62. The number of carbonyl (C=O) groups is 1. The normalized spacial score (nSPS) is 12.5. The molecule has 0 aliphatic heterocycles. The first-order chi connectivity index (χ1) is 12.9. The molecule has 0 aliphatic carbocycles. The maximum atomic E-state index is 12.8. The minimum absolute atomic E-state index is 0.0747. The monoisotopic (exact) mass is 368 g/mol. The third-order valence-electron chi connectivity index (χ3n) is 4.12. The van der Waals surface area contributed by atoms with Gasteiger partial charge >= 0.3 is 0 Å². The summed E-state index contributed by atoms with van der Waals surface area (Å²) >= 11 is 0. The Morgan fingerprint density at radius 3 is 2.85 bits per heavy atom. The van der Waals surface area contributed by atoms with E-state index < -0.39 is 0 Å². The van der Waals surface area contributed by atoms with E-state index in [2.05, 4.69) is 20.4 Å². The Morgan fingerprint density at radius 2 is 2.26 bits per heavy atom. The average molecular weight is 368 g/mol. The standard InChI is InChI=1S/C19H24N6O2/c1-6-25(13(2)26)15-9-7-8-14(10-15)17(27)11-18(24(4)5)22-19-16(20-3)12-21-23-19/h7-12,18,27H,6H2,1-2,4-5H3,(H2,21,22,23)/b17-11-. The fourth-order valence-corrected chi connectivity index (χ4v) is 2.64. The Bertz CT molecular complexity index is 865. The van der Waals surface area contributed by atoms with Crippen LogP contribution in [0.5, 0.6) is 0 Å². The second kappa shape index (κ2) is 8.87. The lowest BCUT2D eigenvalue weighted by Crippen LogP contribution is -3.11. The van der Waals surface area contributed by atoms with Crippen molar-refractivity contribution in [3.05, 3.63) is 53.5 Å². The molecule has 2 rings (SSSR count). The lowest BCUT2D eigenvalue weighted by Gasteiger charge is -2.24. The van der Waals surface area contributed by atoms with Gasteiger partial charge in [-0.25, -0.2) is 4.85 Å². The minimum Gasteiger partial charge on any atom is -0.872 e. The van der Waals surface area contributed by atoms with Gasteiger partial charge in [-0.1, -0.05) is 17.9 Å². The minimum atomic E-state index is -0.364. The Labute approximate surface area is 158 Å². The molecule has 0 aliphatic rings. The fraction of sp³-hybridized carbons (Fsp3) is 0.316. The summed E-state index contributed by atoms with van der Waals surface area (Å²) in [6.07, 6.45) is 2.63. The van der Waals surface area contributed by atoms with Crippen LogP contribution >= 0.6 is 0 Å². The van der Waals surface area contributed by atoms with Gasteiger partial charge in [0.2, 0.25) is 11.6 Å². The number of H-pyrrole nitrogens is 1. The lowest BCUT2D eigenvalue weighted by atomic mass is 10.1. The number of amides is 1. The Balaban J connectivity index is 2.30. The number of hydrogen-bond donors (Lipinski definition) is 3. The van der Waals surface area contributed by atoms with Crippen molar-refractivity contribution >= 4 is 28.9 Å². The van der Waals surface area contributed by atoms with Crippen molar-refractivity contribution in [2.75, 3.05) is 30.9 Å². The van der Waals surface area contributed by atoms with Crippen molar-refractivity contribution in [3.63, 3.8) is 0 Å². The molecule has 8 heteroatoms. The smallest absolute Gasteiger partial charge is 0.247 e. The van der Waals surface area contributed by atoms with E-state index in [-0.39, 0.29) is 17.8 Å². The van der Waals surface area contributed by atoms with E-state index in [1.807, 2.05) is 21.0 Å². The van der Waals surface area contributed by atoms with Gasteiger partial charge in [-0.3, -0.25) is 9.89 Å². The lowest BCUT2D eigenvalue weighted by molar-refractivity contribution is -0.874. The molecule has 1 unspecified atom stereocenters. The molecule has 0 saturated carbocycles. The van der Waals surface area contributed by atoms with Gasteiger partial charge < -0.3 is 20.2 Å². The molecule has 3 N–H and O–H groups in total. The maximum absolute atomic E-state index is 12.8. The number of aromatic amines is 1. The molecule has 1 amide bonds. The third-order valence-corrected chi connectivity index (χ3v) is 4.12. The van der Waals surface area contributed by atoms with Gasteiger partial charge in [0, 0.05) is 19.2 Å². The van der Waals surface area contributed by atoms with Gasteiger partial charge in [0.1, 0.15) is 5.82 Å². The molecular formula is C19H24N6O2. The SMILES string of the molecule is [C-]#[N+]c1cn[nH]c1NC(/C=C(\[O-])c1cccc(N(CC)C(C)=O)c1)[NH+](C)C. The van der Waals surface area contributed by atoms with E-state index in [0.717, 1.165) is 4.90 Å². The van der Waals surface area contributed by atoms with Gasteiger partial charge in [-0.15, -0.1) is 0 Å². The summed E-state index contributed by atoms with van der Waals surface area (Å²) < 4.78 is 0. The van der Waals surface area contributed by atoms with Gasteiger partial charge in [-0.2, -0.15) is 5.10 Å². The van der Waals surface area contributed by atoms with Crippen molar-refractivity contribution in [3.8, 4) is 0 Å². The molecule has 8 nitrogen and oxygen atoms in total. The van der Waals surface area contributed by atoms with E-state index in [1.165, 1.54) is 13.1 Å². The van der Waals surface area contributed by atoms with E-state index in [9.17, 15) is 9.90 Å². The second-order valence-electron chi connectivity index (χ2n) is 6.29. The molecule has 0 bridgehead atoms. The number of quaternary nitrogens is 1. The highest BCUT2D eigenvalue weighted by Crippen LogP contribution is 2.22. The molecule has 1 atom stereocenters. The van der Waals surface area contributed by atoms with Crippen LogP contribution in [0.15, 0.2) is 36.5 Å². The molecular weight excluding hydrogens is 344 g/mol. The summed E-state index contributed by atoms with van der Waals surface area (Å²) in [4.78, 5) is 17.7. The molecule has 0 fully saturated rings. The zero-order chi connectivity index (χ0) is 20.0. The average Bonchev–Trinajstić information content (AvgIpc) is 3.08. The summed E-state index contributed by atoms with van der Waals surface area (Å²) in [7, 11) is 3.81. The summed E-state index contributed by atoms with van der Waals surface area (Å²) in [5.41, 5.74) is 1.55. The molecule has 1 aromatic heterocycles. The summed E-state index contributed by atoms with van der Waals surface area (Å²) in [5, 5.41) is 22.5. The zero-order valence-electron chi connectivity index (χ0n) is 15.9. The molecule has 0 saturated heterocycles. The molecule has 0 radical (unpaired) electrons. The van der Waals surface area contributed by atoms with Crippen LogP contribution in [-0.2, 0) is 4.79 Å². The van der Waals surface area contributed by atoms with Crippen LogP contribution < -0.4 is 20.2 Å². The predicted octanol–water partition coefficient (Wildman–Crippen LogP) is 0.617. The topological polar surface area (TPSA) is 92.9 Å². The Kier molecular flexibility index (Phi) is 6.57. The number of carbonyl (C=O) groups excluding carboxylic acids is 1. The first-order valence-electron chi connectivity index (χ1n) is 8.62. The van der Waals surface area contributed by atoms with Crippen molar-refractivity contribution in [2.45, 2.75) is 20.0 Å². The molecule has 142 valence electrons. The van der Waals surface area contributed by atoms with Crippen LogP contribution in [0.4, 0.5) is 17.2 Å². The second-order valence-corrected chi connectivity index (χ2v) is 6.29. The van der Waals surface area contributed by atoms with Crippen LogP contribution in [0.2, 0.25) is 0 Å². The molecule has 1 heterocycles. The Morgan fingerprint density at radius 1 is 1.52 bits per heavy atom. The molecule has 0 spiro atoms. The van der Waals surface area contributed by atoms with Gasteiger partial charge in [0.15, 0.2) is 6.17 Å². The Hall–Kier alpha value is -3.31. The highest BCUT2D eigenvalue weighted by atomic mass is 16.3. The number of anilines is 2. The number of likely N-dealkylation sites (N-methyl/N-ethyl adjacent to an activating group) is 1. The van der Waals surface area contributed by atoms with Gasteiger partial charge in [0.25, 0.3) is 0 Å². The first kappa shape index (κ1) is 20.0. The molecule has 1 aromatic carbocycles. The number of nitrogens with zero attached hydrogens (tertiary/aromatic N) is 3. The third kappa shape index (κ3) is 4.86. The number of hydrogen-bond acceptors (Lipinski definition) is 4. The fourth-order valence-electron chi connectivity index (χ4n) is 2.64. The van der Waals surface area contributed by atoms with Crippen LogP contribution in [-0.4, -0.2) is 42.9 Å². The maximum Gasteiger partial charge on any atom is 0.247 e.